The molecule has 2 nitrogen and oxygen atoms in total. The van der Waals surface area contributed by atoms with Crippen molar-refractivity contribution in [2.75, 3.05) is 6.61 Å². The molecule has 0 bridgehead atoms. The summed E-state index contributed by atoms with van der Waals surface area (Å²) in [4.78, 5) is 0. The van der Waals surface area contributed by atoms with E-state index in [1.165, 1.54) is 0 Å². The molecular formula is C13H17F3O2. The number of ether oxygens (including phenoxy) is 1. The van der Waals surface area contributed by atoms with Crippen molar-refractivity contribution in [3.05, 3.63) is 29.8 Å². The Morgan fingerprint density at radius 1 is 1.00 bits per heavy atom. The number of unbranched alkanes of at least 4 members (excludes halogenated alkanes) is 2. The van der Waals surface area contributed by atoms with E-state index in [0.29, 0.717) is 25.2 Å². The second-order valence-corrected chi connectivity index (χ2v) is 4.08. The summed E-state index contributed by atoms with van der Waals surface area (Å²) in [5.74, 6) is 0.669. The molecule has 0 radical (unpaired) electrons. The normalized spacial score (nSPS) is 11.6. The fourth-order valence-electron chi connectivity index (χ4n) is 1.49. The summed E-state index contributed by atoms with van der Waals surface area (Å²) in [5, 5.41) is 8.83. The van der Waals surface area contributed by atoms with Gasteiger partial charge in [-0.15, -0.1) is 0 Å². The van der Waals surface area contributed by atoms with E-state index in [-0.39, 0.29) is 13.0 Å². The summed E-state index contributed by atoms with van der Waals surface area (Å²) >= 11 is 0. The van der Waals surface area contributed by atoms with Gasteiger partial charge >= 0.3 is 6.18 Å². The Hall–Kier alpha value is -1.23. The van der Waals surface area contributed by atoms with Crippen LogP contribution < -0.4 is 4.74 Å². The van der Waals surface area contributed by atoms with Crippen LogP contribution in [-0.4, -0.2) is 17.9 Å². The van der Waals surface area contributed by atoms with E-state index in [9.17, 15) is 13.2 Å². The second-order valence-electron chi connectivity index (χ2n) is 4.08. The fraction of sp³-hybridized carbons (Fsp3) is 0.538. The first-order valence-electron chi connectivity index (χ1n) is 5.90. The van der Waals surface area contributed by atoms with E-state index in [4.69, 9.17) is 9.84 Å². The Kier molecular flexibility index (Phi) is 5.98. The molecule has 0 aromatic heterocycles. The van der Waals surface area contributed by atoms with Gasteiger partial charge in [-0.05, 0) is 37.0 Å². The molecule has 1 N–H and O–H groups in total. The zero-order valence-electron chi connectivity index (χ0n) is 10.0. The van der Waals surface area contributed by atoms with Crippen LogP contribution in [0, 0.1) is 0 Å². The Bertz CT molecular complexity index is 333. The number of aliphatic hydroxyl groups excluding tert-OH is 1. The molecule has 0 spiro atoms. The highest BCUT2D eigenvalue weighted by Crippen LogP contribution is 2.22. The highest BCUT2D eigenvalue weighted by Gasteiger charge is 2.25. The molecule has 18 heavy (non-hydrogen) atoms. The molecule has 5 heteroatoms. The number of hydrogen-bond acceptors (Lipinski definition) is 2. The molecule has 1 aromatic rings. The number of rotatable bonds is 7. The van der Waals surface area contributed by atoms with Gasteiger partial charge in [0, 0.05) is 6.42 Å². The summed E-state index contributed by atoms with van der Waals surface area (Å²) in [6, 6.07) is 6.97. The Balaban J connectivity index is 2.10. The molecule has 102 valence electrons. The highest BCUT2D eigenvalue weighted by molar-refractivity contribution is 5.26. The first-order valence-corrected chi connectivity index (χ1v) is 5.90. The first kappa shape index (κ1) is 14.8. The molecule has 0 saturated heterocycles. The SMILES string of the molecule is OCc1ccc(OCCCCCC(F)(F)F)cc1. The Morgan fingerprint density at radius 3 is 2.22 bits per heavy atom. The Labute approximate surface area is 104 Å². The van der Waals surface area contributed by atoms with Crippen molar-refractivity contribution in [2.24, 2.45) is 0 Å². The maximum Gasteiger partial charge on any atom is 0.389 e. The lowest BCUT2D eigenvalue weighted by Crippen LogP contribution is -2.06. The van der Waals surface area contributed by atoms with Gasteiger partial charge in [-0.2, -0.15) is 13.2 Å². The van der Waals surface area contributed by atoms with Gasteiger partial charge in [0.05, 0.1) is 13.2 Å². The maximum absolute atomic E-state index is 11.8. The molecule has 0 atom stereocenters. The Morgan fingerprint density at radius 2 is 1.67 bits per heavy atom. The van der Waals surface area contributed by atoms with Crippen molar-refractivity contribution in [2.45, 2.75) is 38.5 Å². The molecule has 1 aromatic carbocycles. The topological polar surface area (TPSA) is 29.5 Å². The third-order valence-electron chi connectivity index (χ3n) is 2.48. The van der Waals surface area contributed by atoms with Crippen LogP contribution in [0.3, 0.4) is 0 Å². The van der Waals surface area contributed by atoms with Crippen LogP contribution in [0.1, 0.15) is 31.2 Å². The van der Waals surface area contributed by atoms with Gasteiger partial charge in [0.15, 0.2) is 0 Å². The second kappa shape index (κ2) is 7.26. The smallest absolute Gasteiger partial charge is 0.389 e. The van der Waals surface area contributed by atoms with E-state index in [1.807, 2.05) is 0 Å². The highest BCUT2D eigenvalue weighted by atomic mass is 19.4. The summed E-state index contributed by atoms with van der Waals surface area (Å²) in [6.45, 7) is 0.397. The van der Waals surface area contributed by atoms with Crippen LogP contribution in [-0.2, 0) is 6.61 Å². The van der Waals surface area contributed by atoms with Crippen LogP contribution >= 0.6 is 0 Å². The zero-order valence-corrected chi connectivity index (χ0v) is 10.0. The molecule has 0 saturated carbocycles. The van der Waals surface area contributed by atoms with Crippen molar-refractivity contribution in [3.8, 4) is 5.75 Å². The lowest BCUT2D eigenvalue weighted by molar-refractivity contribution is -0.135. The molecular weight excluding hydrogens is 245 g/mol. The molecule has 0 aliphatic rings. The van der Waals surface area contributed by atoms with Crippen LogP contribution in [0.5, 0.6) is 5.75 Å². The average Bonchev–Trinajstić information content (AvgIpc) is 2.33. The predicted octanol–water partition coefficient (Wildman–Crippen LogP) is 3.68. The van der Waals surface area contributed by atoms with Gasteiger partial charge in [-0.1, -0.05) is 12.1 Å². The maximum atomic E-state index is 11.8. The minimum atomic E-state index is -4.05. The number of halogens is 3. The van der Waals surface area contributed by atoms with Crippen LogP contribution in [0.25, 0.3) is 0 Å². The van der Waals surface area contributed by atoms with E-state index < -0.39 is 12.6 Å². The number of aliphatic hydroxyl groups is 1. The largest absolute Gasteiger partial charge is 0.494 e. The minimum absolute atomic E-state index is 0.0161. The van der Waals surface area contributed by atoms with E-state index in [0.717, 1.165) is 5.56 Å². The monoisotopic (exact) mass is 262 g/mol. The third kappa shape index (κ3) is 6.49. The van der Waals surface area contributed by atoms with E-state index in [1.54, 1.807) is 24.3 Å². The van der Waals surface area contributed by atoms with Crippen molar-refractivity contribution in [3.63, 3.8) is 0 Å². The number of hydrogen-bond donors (Lipinski definition) is 1. The molecule has 0 amide bonds. The van der Waals surface area contributed by atoms with Crippen LogP contribution in [0.15, 0.2) is 24.3 Å². The van der Waals surface area contributed by atoms with Gasteiger partial charge in [0.2, 0.25) is 0 Å². The van der Waals surface area contributed by atoms with Gasteiger partial charge < -0.3 is 9.84 Å². The predicted molar refractivity (Wildman–Crippen MR) is 62.4 cm³/mol. The standard InChI is InChI=1S/C13H17F3O2/c14-13(15,16)8-2-1-3-9-18-12-6-4-11(10-17)5-7-12/h4-7,17H,1-3,8-10H2. The van der Waals surface area contributed by atoms with Gasteiger partial charge in [-0.25, -0.2) is 0 Å². The van der Waals surface area contributed by atoms with Crippen molar-refractivity contribution in [1.29, 1.82) is 0 Å². The lowest BCUT2D eigenvalue weighted by Gasteiger charge is -2.07. The quantitative estimate of drug-likeness (QED) is 0.759. The van der Waals surface area contributed by atoms with Gasteiger partial charge in [0.1, 0.15) is 5.75 Å². The molecule has 0 aliphatic heterocycles. The summed E-state index contributed by atoms with van der Waals surface area (Å²) in [6.07, 6.45) is -3.51. The summed E-state index contributed by atoms with van der Waals surface area (Å²) in [5.41, 5.74) is 0.799. The van der Waals surface area contributed by atoms with Crippen molar-refractivity contribution < 1.29 is 23.0 Å². The van der Waals surface area contributed by atoms with Crippen molar-refractivity contribution in [1.82, 2.24) is 0 Å². The van der Waals surface area contributed by atoms with Crippen LogP contribution in [0.4, 0.5) is 13.2 Å². The van der Waals surface area contributed by atoms with E-state index >= 15 is 0 Å². The molecule has 0 aliphatic carbocycles. The molecule has 1 rings (SSSR count). The van der Waals surface area contributed by atoms with Gasteiger partial charge in [0.25, 0.3) is 0 Å². The minimum Gasteiger partial charge on any atom is -0.494 e. The van der Waals surface area contributed by atoms with Gasteiger partial charge in [-0.3, -0.25) is 0 Å². The summed E-state index contributed by atoms with van der Waals surface area (Å²) in [7, 11) is 0. The van der Waals surface area contributed by atoms with Crippen LogP contribution in [0.2, 0.25) is 0 Å². The first-order chi connectivity index (χ1) is 8.51. The average molecular weight is 262 g/mol. The molecule has 0 heterocycles. The lowest BCUT2D eigenvalue weighted by atomic mass is 10.2. The number of benzene rings is 1. The summed E-state index contributed by atoms with van der Waals surface area (Å²) < 4.78 is 40.9. The zero-order chi connectivity index (χ0) is 13.4. The van der Waals surface area contributed by atoms with E-state index in [2.05, 4.69) is 0 Å². The molecule has 0 fully saturated rings. The van der Waals surface area contributed by atoms with Crippen molar-refractivity contribution >= 4 is 0 Å². The molecule has 0 unspecified atom stereocenters. The number of alkyl halides is 3. The fourth-order valence-corrected chi connectivity index (χ4v) is 1.49. The third-order valence-corrected chi connectivity index (χ3v) is 2.48.